The first-order valence-electron chi connectivity index (χ1n) is 5.31. The normalized spacial score (nSPS) is 16.6. The summed E-state index contributed by atoms with van der Waals surface area (Å²) in [5, 5.41) is 0. The van der Waals surface area contributed by atoms with Gasteiger partial charge in [0.25, 0.3) is 0 Å². The molecule has 1 heterocycles. The molecule has 0 aliphatic carbocycles. The van der Waals surface area contributed by atoms with Crippen LogP contribution in [-0.4, -0.2) is 6.61 Å². The molecule has 0 atom stereocenters. The van der Waals surface area contributed by atoms with Gasteiger partial charge in [0.1, 0.15) is 18.6 Å². The third-order valence-electron chi connectivity index (χ3n) is 2.20. The van der Waals surface area contributed by atoms with Gasteiger partial charge >= 0.3 is 0 Å². The maximum absolute atomic E-state index is 5.40. The van der Waals surface area contributed by atoms with E-state index in [0.717, 1.165) is 17.9 Å². The summed E-state index contributed by atoms with van der Waals surface area (Å²) >= 11 is 0. The molecule has 0 radical (unpaired) electrons. The number of hydrogen-bond donors (Lipinski definition) is 0. The summed E-state index contributed by atoms with van der Waals surface area (Å²) in [4.78, 5) is 0. The quantitative estimate of drug-likeness (QED) is 0.555. The molecular weight excluding hydrogens is 188 g/mol. The summed E-state index contributed by atoms with van der Waals surface area (Å²) in [6.07, 6.45) is 2.78. The van der Waals surface area contributed by atoms with Crippen LogP contribution in [0.3, 0.4) is 0 Å². The summed E-state index contributed by atoms with van der Waals surface area (Å²) in [5.41, 5.74) is 1.35. The largest absolute Gasteiger partial charge is 0.483 e. The highest BCUT2D eigenvalue weighted by atomic mass is 16.6. The van der Waals surface area contributed by atoms with Gasteiger partial charge < -0.3 is 9.47 Å². The van der Waals surface area contributed by atoms with Crippen LogP contribution in [0.2, 0.25) is 0 Å². The number of rotatable bonds is 4. The number of ether oxygens (including phenoxy) is 2. The summed E-state index contributed by atoms with van der Waals surface area (Å²) in [6, 6.07) is 8.22. The maximum Gasteiger partial charge on any atom is 0.169 e. The molecule has 15 heavy (non-hydrogen) atoms. The molecule has 0 bridgehead atoms. The molecule has 1 aliphatic rings. The molecule has 0 spiro atoms. The smallest absolute Gasteiger partial charge is 0.169 e. The molecule has 2 nitrogen and oxygen atoms in total. The fraction of sp³-hybridized carbons (Fsp3) is 0.385. The third-order valence-corrected chi connectivity index (χ3v) is 2.20. The number of hydrogen-bond acceptors (Lipinski definition) is 2. The van der Waals surface area contributed by atoms with E-state index in [0.29, 0.717) is 12.5 Å². The zero-order chi connectivity index (χ0) is 10.7. The van der Waals surface area contributed by atoms with Crippen molar-refractivity contribution in [3.63, 3.8) is 0 Å². The van der Waals surface area contributed by atoms with Gasteiger partial charge in [-0.2, -0.15) is 0 Å². The highest BCUT2D eigenvalue weighted by Gasteiger charge is 2.12. The Hall–Kier alpha value is -1.44. The standard InChI is InChI=1S/C13H16O2/c1-10(2)7-11-3-5-12(6-4-11)14-8-13-9-15-13/h3-6,8,10H,7,9H2,1-2H3/b13-8-. The Bertz CT molecular complexity index is 343. The minimum atomic E-state index is 0.693. The lowest BCUT2D eigenvalue weighted by atomic mass is 10.0. The second kappa shape index (κ2) is 4.39. The molecule has 1 aliphatic heterocycles. The van der Waals surface area contributed by atoms with Gasteiger partial charge in [-0.3, -0.25) is 0 Å². The van der Waals surface area contributed by atoms with Crippen LogP contribution in [0.4, 0.5) is 0 Å². The van der Waals surface area contributed by atoms with E-state index in [-0.39, 0.29) is 0 Å². The Morgan fingerprint density at radius 2 is 2.00 bits per heavy atom. The zero-order valence-electron chi connectivity index (χ0n) is 9.19. The summed E-state index contributed by atoms with van der Waals surface area (Å²) in [7, 11) is 0. The van der Waals surface area contributed by atoms with Crippen molar-refractivity contribution in [2.45, 2.75) is 20.3 Å². The predicted molar refractivity (Wildman–Crippen MR) is 59.6 cm³/mol. The van der Waals surface area contributed by atoms with Gasteiger partial charge in [0.2, 0.25) is 0 Å². The lowest BCUT2D eigenvalue weighted by Gasteiger charge is -2.05. The lowest BCUT2D eigenvalue weighted by Crippen LogP contribution is -1.93. The van der Waals surface area contributed by atoms with E-state index in [2.05, 4.69) is 26.0 Å². The molecule has 80 valence electrons. The van der Waals surface area contributed by atoms with E-state index in [9.17, 15) is 0 Å². The van der Waals surface area contributed by atoms with Crippen LogP contribution in [0, 0.1) is 5.92 Å². The molecule has 1 aromatic rings. The highest BCUT2D eigenvalue weighted by molar-refractivity contribution is 5.28. The van der Waals surface area contributed by atoms with Crippen molar-refractivity contribution in [3.05, 3.63) is 41.9 Å². The van der Waals surface area contributed by atoms with E-state index in [1.165, 1.54) is 5.56 Å². The Labute approximate surface area is 90.5 Å². The molecule has 0 amide bonds. The van der Waals surface area contributed by atoms with Gasteiger partial charge in [-0.25, -0.2) is 0 Å². The van der Waals surface area contributed by atoms with Crippen LogP contribution >= 0.6 is 0 Å². The summed E-state index contributed by atoms with van der Waals surface area (Å²) in [6.45, 7) is 5.16. The van der Waals surface area contributed by atoms with Crippen molar-refractivity contribution in [1.29, 1.82) is 0 Å². The van der Waals surface area contributed by atoms with E-state index in [1.807, 2.05) is 12.1 Å². The SMILES string of the molecule is CC(C)Cc1ccc(O/C=C2/CO2)cc1. The lowest BCUT2D eigenvalue weighted by molar-refractivity contribution is 0.449. The molecule has 1 fully saturated rings. The van der Waals surface area contributed by atoms with Gasteiger partial charge in [-0.15, -0.1) is 0 Å². The number of benzene rings is 1. The van der Waals surface area contributed by atoms with Crippen LogP contribution in [0.1, 0.15) is 19.4 Å². The van der Waals surface area contributed by atoms with Gasteiger partial charge in [-0.05, 0) is 30.0 Å². The Morgan fingerprint density at radius 3 is 2.53 bits per heavy atom. The van der Waals surface area contributed by atoms with Crippen molar-refractivity contribution in [3.8, 4) is 5.75 Å². The molecule has 0 saturated carbocycles. The van der Waals surface area contributed by atoms with Crippen LogP contribution in [0.5, 0.6) is 5.75 Å². The average Bonchev–Trinajstić information content (AvgIpc) is 2.99. The van der Waals surface area contributed by atoms with Crippen molar-refractivity contribution in [2.24, 2.45) is 5.92 Å². The minimum absolute atomic E-state index is 0.693. The minimum Gasteiger partial charge on any atom is -0.483 e. The van der Waals surface area contributed by atoms with Crippen LogP contribution in [-0.2, 0) is 11.2 Å². The first kappa shape index (κ1) is 10.1. The molecular formula is C13H16O2. The second-order valence-electron chi connectivity index (χ2n) is 4.23. The van der Waals surface area contributed by atoms with E-state index < -0.39 is 0 Å². The molecule has 2 rings (SSSR count). The van der Waals surface area contributed by atoms with Crippen LogP contribution in [0.15, 0.2) is 36.3 Å². The molecule has 1 saturated heterocycles. The van der Waals surface area contributed by atoms with Crippen molar-refractivity contribution in [2.75, 3.05) is 6.61 Å². The van der Waals surface area contributed by atoms with Crippen LogP contribution in [0.25, 0.3) is 0 Å². The molecule has 2 heteroatoms. The Kier molecular flexibility index (Phi) is 2.95. The van der Waals surface area contributed by atoms with Crippen molar-refractivity contribution in [1.82, 2.24) is 0 Å². The second-order valence-corrected chi connectivity index (χ2v) is 4.23. The van der Waals surface area contributed by atoms with E-state index in [4.69, 9.17) is 9.47 Å². The Balaban J connectivity index is 1.93. The molecule has 0 aromatic heterocycles. The van der Waals surface area contributed by atoms with Crippen molar-refractivity contribution >= 4 is 0 Å². The van der Waals surface area contributed by atoms with Gasteiger partial charge in [0.15, 0.2) is 5.76 Å². The fourth-order valence-electron chi connectivity index (χ4n) is 1.42. The Morgan fingerprint density at radius 1 is 1.33 bits per heavy atom. The predicted octanol–water partition coefficient (Wildman–Crippen LogP) is 3.14. The van der Waals surface area contributed by atoms with Gasteiger partial charge in [-0.1, -0.05) is 26.0 Å². The van der Waals surface area contributed by atoms with E-state index in [1.54, 1.807) is 6.26 Å². The van der Waals surface area contributed by atoms with Crippen LogP contribution < -0.4 is 4.74 Å². The van der Waals surface area contributed by atoms with Gasteiger partial charge in [0.05, 0.1) is 0 Å². The zero-order valence-corrected chi connectivity index (χ0v) is 9.19. The maximum atomic E-state index is 5.40. The highest BCUT2D eigenvalue weighted by Crippen LogP contribution is 2.18. The van der Waals surface area contributed by atoms with Crippen molar-refractivity contribution < 1.29 is 9.47 Å². The number of epoxide rings is 1. The monoisotopic (exact) mass is 204 g/mol. The summed E-state index contributed by atoms with van der Waals surface area (Å²) in [5.74, 6) is 2.48. The first-order chi connectivity index (χ1) is 7.24. The summed E-state index contributed by atoms with van der Waals surface area (Å²) < 4.78 is 10.3. The third kappa shape index (κ3) is 3.31. The molecule has 0 unspecified atom stereocenters. The fourth-order valence-corrected chi connectivity index (χ4v) is 1.42. The van der Waals surface area contributed by atoms with Gasteiger partial charge in [0, 0.05) is 0 Å². The molecule has 1 aromatic carbocycles. The first-order valence-corrected chi connectivity index (χ1v) is 5.31. The average molecular weight is 204 g/mol. The topological polar surface area (TPSA) is 21.8 Å². The van der Waals surface area contributed by atoms with E-state index >= 15 is 0 Å². The molecule has 0 N–H and O–H groups in total.